The number of rotatable bonds is 0. The number of hydrogen-bond donors (Lipinski definition) is 0. The van der Waals surface area contributed by atoms with Gasteiger partial charge in [0.15, 0.2) is 0 Å². The van der Waals surface area contributed by atoms with Crippen molar-refractivity contribution in [3.63, 3.8) is 0 Å². The van der Waals surface area contributed by atoms with Crippen LogP contribution in [0.3, 0.4) is 0 Å². The second-order valence-electron chi connectivity index (χ2n) is 3.31. The first-order chi connectivity index (χ1) is 8.11. The van der Waals surface area contributed by atoms with E-state index in [-0.39, 0.29) is 0 Å². The second-order valence-corrected chi connectivity index (χ2v) is 3.31. The first-order valence-electron chi connectivity index (χ1n) is 5.55. The summed E-state index contributed by atoms with van der Waals surface area (Å²) in [5.41, 5.74) is 0. The van der Waals surface area contributed by atoms with Crippen LogP contribution < -0.4 is 0 Å². The van der Waals surface area contributed by atoms with Crippen LogP contribution in [-0.4, -0.2) is 39.6 Å². The average molecular weight is 233 g/mol. The normalized spacial score (nSPS) is 15.4. The fraction of sp³-hybridized carbons (Fsp3) is 0.333. The van der Waals surface area contributed by atoms with Gasteiger partial charge in [-0.3, -0.25) is 4.90 Å². The van der Waals surface area contributed by atoms with E-state index in [9.17, 15) is 0 Å². The summed E-state index contributed by atoms with van der Waals surface area (Å²) in [6.45, 7) is 11.8. The Balaban J connectivity index is 0.000000686. The summed E-state index contributed by atoms with van der Waals surface area (Å²) in [5, 5.41) is 4.13. The average Bonchev–Trinajstić information content (AvgIpc) is 2.87. The van der Waals surface area contributed by atoms with Crippen molar-refractivity contribution in [3.8, 4) is 0 Å². The maximum atomic E-state index is 4.35. The summed E-state index contributed by atoms with van der Waals surface area (Å²) in [6.07, 6.45) is 3.54. The van der Waals surface area contributed by atoms with Crippen LogP contribution in [0.1, 0.15) is 13.8 Å². The van der Waals surface area contributed by atoms with Crippen molar-refractivity contribution >= 4 is 5.96 Å². The van der Waals surface area contributed by atoms with Crippen molar-refractivity contribution in [2.24, 2.45) is 4.99 Å². The Morgan fingerprint density at radius 2 is 1.76 bits per heavy atom. The molecule has 5 nitrogen and oxygen atoms in total. The minimum Gasteiger partial charge on any atom is -0.316 e. The topological polar surface area (TPSA) is 36.7 Å². The Morgan fingerprint density at radius 1 is 1.12 bits per heavy atom. The SMILES string of the molecule is C=C1N=C(n2cccn2)N(C)C(=C)N1C.CC. The summed E-state index contributed by atoms with van der Waals surface area (Å²) in [7, 11) is 3.77. The molecule has 0 amide bonds. The van der Waals surface area contributed by atoms with E-state index in [1.807, 2.05) is 50.0 Å². The molecule has 2 rings (SSSR count). The van der Waals surface area contributed by atoms with Gasteiger partial charge < -0.3 is 4.90 Å². The quantitative estimate of drug-likeness (QED) is 0.687. The minimum atomic E-state index is 0.656. The Kier molecular flexibility index (Phi) is 4.09. The van der Waals surface area contributed by atoms with Crippen LogP contribution in [0.4, 0.5) is 0 Å². The van der Waals surface area contributed by atoms with Crippen LogP contribution in [0, 0.1) is 0 Å². The lowest BCUT2D eigenvalue weighted by molar-refractivity contribution is 0.365. The number of hydrogen-bond acceptors (Lipinski definition) is 4. The van der Waals surface area contributed by atoms with Gasteiger partial charge in [-0.1, -0.05) is 27.0 Å². The van der Waals surface area contributed by atoms with E-state index in [0.29, 0.717) is 11.8 Å². The Morgan fingerprint density at radius 3 is 2.29 bits per heavy atom. The molecule has 0 spiro atoms. The molecule has 1 aromatic rings. The lowest BCUT2D eigenvalue weighted by Gasteiger charge is -2.34. The second kappa shape index (κ2) is 5.34. The zero-order valence-corrected chi connectivity index (χ0v) is 10.9. The molecule has 1 aliphatic rings. The van der Waals surface area contributed by atoms with Crippen LogP contribution in [-0.2, 0) is 0 Å². The lowest BCUT2D eigenvalue weighted by Crippen LogP contribution is -2.41. The van der Waals surface area contributed by atoms with E-state index >= 15 is 0 Å². The molecular formula is C12H19N5. The summed E-state index contributed by atoms with van der Waals surface area (Å²) in [6, 6.07) is 1.85. The maximum Gasteiger partial charge on any atom is 0.233 e. The molecule has 2 heterocycles. The van der Waals surface area contributed by atoms with E-state index in [1.165, 1.54) is 0 Å². The van der Waals surface area contributed by atoms with Gasteiger partial charge in [-0.05, 0) is 6.07 Å². The Labute approximate surface area is 102 Å². The molecule has 92 valence electrons. The van der Waals surface area contributed by atoms with Crippen molar-refractivity contribution in [1.82, 2.24) is 19.6 Å². The van der Waals surface area contributed by atoms with E-state index in [4.69, 9.17) is 0 Å². The van der Waals surface area contributed by atoms with Gasteiger partial charge in [0.05, 0.1) is 0 Å². The molecule has 0 unspecified atom stereocenters. The summed E-state index contributed by atoms with van der Waals surface area (Å²) < 4.78 is 1.68. The molecule has 0 radical (unpaired) electrons. The molecule has 0 N–H and O–H groups in total. The highest BCUT2D eigenvalue weighted by atomic mass is 15.5. The highest BCUT2D eigenvalue weighted by Gasteiger charge is 2.22. The van der Waals surface area contributed by atoms with Gasteiger partial charge in [-0.25, -0.2) is 4.68 Å². The largest absolute Gasteiger partial charge is 0.316 e. The Bertz CT molecular complexity index is 430. The zero-order valence-electron chi connectivity index (χ0n) is 10.9. The van der Waals surface area contributed by atoms with Crippen LogP contribution in [0.15, 0.2) is 48.3 Å². The first-order valence-corrected chi connectivity index (χ1v) is 5.55. The third-order valence-electron chi connectivity index (χ3n) is 2.40. The molecule has 0 bridgehead atoms. The summed E-state index contributed by atoms with van der Waals surface area (Å²) >= 11 is 0. The highest BCUT2D eigenvalue weighted by Crippen LogP contribution is 2.18. The van der Waals surface area contributed by atoms with Gasteiger partial charge in [-0.2, -0.15) is 10.1 Å². The number of nitrogens with zero attached hydrogens (tertiary/aromatic N) is 5. The van der Waals surface area contributed by atoms with Crippen molar-refractivity contribution < 1.29 is 0 Å². The van der Waals surface area contributed by atoms with E-state index in [2.05, 4.69) is 23.2 Å². The van der Waals surface area contributed by atoms with Gasteiger partial charge in [0, 0.05) is 26.5 Å². The number of aromatic nitrogens is 2. The van der Waals surface area contributed by atoms with Crippen molar-refractivity contribution in [2.45, 2.75) is 13.8 Å². The van der Waals surface area contributed by atoms with Crippen LogP contribution in [0.2, 0.25) is 0 Å². The van der Waals surface area contributed by atoms with E-state index in [1.54, 1.807) is 10.9 Å². The van der Waals surface area contributed by atoms with Crippen molar-refractivity contribution in [2.75, 3.05) is 14.1 Å². The van der Waals surface area contributed by atoms with Gasteiger partial charge in [0.25, 0.3) is 0 Å². The molecule has 0 aromatic carbocycles. The summed E-state index contributed by atoms with van der Waals surface area (Å²) in [4.78, 5) is 8.04. The third-order valence-corrected chi connectivity index (χ3v) is 2.40. The Hall–Kier alpha value is -2.04. The van der Waals surface area contributed by atoms with Gasteiger partial charge in [0.1, 0.15) is 11.6 Å². The maximum absolute atomic E-state index is 4.35. The van der Waals surface area contributed by atoms with E-state index < -0.39 is 0 Å². The lowest BCUT2D eigenvalue weighted by atomic mass is 10.5. The predicted octanol–water partition coefficient (Wildman–Crippen LogP) is 1.93. The first kappa shape index (κ1) is 13.0. The van der Waals surface area contributed by atoms with Gasteiger partial charge in [0.2, 0.25) is 5.96 Å². The standard InChI is InChI=1S/C10H13N5.C2H6/c1-8-12-10(15-7-5-6-11-15)14(4)9(2)13(8)3;1-2/h5-7H,1-2H2,3-4H3;1-2H3. The van der Waals surface area contributed by atoms with Crippen LogP contribution in [0.5, 0.6) is 0 Å². The molecular weight excluding hydrogens is 214 g/mol. The minimum absolute atomic E-state index is 0.656. The molecule has 0 aliphatic carbocycles. The molecule has 1 aromatic heterocycles. The van der Waals surface area contributed by atoms with Crippen LogP contribution >= 0.6 is 0 Å². The molecule has 0 saturated carbocycles. The monoisotopic (exact) mass is 233 g/mol. The molecule has 17 heavy (non-hydrogen) atoms. The van der Waals surface area contributed by atoms with E-state index in [0.717, 1.165) is 5.82 Å². The predicted molar refractivity (Wildman–Crippen MR) is 70.2 cm³/mol. The molecule has 0 fully saturated rings. The molecule has 0 atom stereocenters. The van der Waals surface area contributed by atoms with Gasteiger partial charge in [-0.15, -0.1) is 0 Å². The zero-order chi connectivity index (χ0) is 13.0. The summed E-state index contributed by atoms with van der Waals surface area (Å²) in [5.74, 6) is 2.18. The fourth-order valence-corrected chi connectivity index (χ4v) is 1.35. The molecule has 5 heteroatoms. The molecule has 1 aliphatic heterocycles. The van der Waals surface area contributed by atoms with Crippen LogP contribution in [0.25, 0.3) is 0 Å². The fourth-order valence-electron chi connectivity index (χ4n) is 1.35. The number of aliphatic imine (C=N–C) groups is 1. The smallest absolute Gasteiger partial charge is 0.233 e. The van der Waals surface area contributed by atoms with Gasteiger partial charge >= 0.3 is 0 Å². The molecule has 0 saturated heterocycles. The van der Waals surface area contributed by atoms with Crippen molar-refractivity contribution in [3.05, 3.63) is 43.3 Å². The highest BCUT2D eigenvalue weighted by molar-refractivity contribution is 5.84. The van der Waals surface area contributed by atoms with Crippen molar-refractivity contribution in [1.29, 1.82) is 0 Å². The third kappa shape index (κ3) is 2.38.